The molecule has 1 aliphatic rings. The lowest BCUT2D eigenvalue weighted by Gasteiger charge is -2.32. The molecule has 3 nitrogen and oxygen atoms in total. The first-order valence-corrected chi connectivity index (χ1v) is 7.51. The van der Waals surface area contributed by atoms with Crippen LogP contribution >= 0.6 is 0 Å². The van der Waals surface area contributed by atoms with E-state index in [1.54, 1.807) is 0 Å². The molecule has 1 rings (SSSR count). The van der Waals surface area contributed by atoms with Crippen LogP contribution in [0.2, 0.25) is 0 Å². The van der Waals surface area contributed by atoms with Gasteiger partial charge in [-0.25, -0.2) is 0 Å². The van der Waals surface area contributed by atoms with Gasteiger partial charge in [0.05, 0.1) is 6.10 Å². The Kier molecular flexibility index (Phi) is 7.20. The van der Waals surface area contributed by atoms with Crippen molar-refractivity contribution in [3.05, 3.63) is 0 Å². The lowest BCUT2D eigenvalue weighted by molar-refractivity contribution is 0.0315. The topological polar surface area (TPSA) is 30.5 Å². The molecule has 0 bridgehead atoms. The SMILES string of the molecule is CCNCC1(CCOCCC(C)C)CCOC1C. The van der Waals surface area contributed by atoms with E-state index in [0.29, 0.717) is 6.10 Å². The van der Waals surface area contributed by atoms with Gasteiger partial charge < -0.3 is 14.8 Å². The van der Waals surface area contributed by atoms with Crippen LogP contribution in [0.1, 0.15) is 47.0 Å². The highest BCUT2D eigenvalue weighted by molar-refractivity contribution is 4.91. The van der Waals surface area contributed by atoms with E-state index in [-0.39, 0.29) is 5.41 Å². The van der Waals surface area contributed by atoms with E-state index in [4.69, 9.17) is 9.47 Å². The van der Waals surface area contributed by atoms with Crippen molar-refractivity contribution < 1.29 is 9.47 Å². The van der Waals surface area contributed by atoms with Crippen molar-refractivity contribution in [3.63, 3.8) is 0 Å². The van der Waals surface area contributed by atoms with Gasteiger partial charge in [-0.2, -0.15) is 0 Å². The van der Waals surface area contributed by atoms with E-state index in [9.17, 15) is 0 Å². The molecule has 1 N–H and O–H groups in total. The third-order valence-electron chi connectivity index (χ3n) is 4.14. The normalized spacial score (nSPS) is 28.2. The van der Waals surface area contributed by atoms with E-state index >= 15 is 0 Å². The number of hydrogen-bond donors (Lipinski definition) is 1. The van der Waals surface area contributed by atoms with Gasteiger partial charge in [0, 0.05) is 31.8 Å². The fraction of sp³-hybridized carbons (Fsp3) is 1.00. The van der Waals surface area contributed by atoms with Crippen LogP contribution in [0.3, 0.4) is 0 Å². The van der Waals surface area contributed by atoms with Crippen LogP contribution in [-0.2, 0) is 9.47 Å². The first kappa shape index (κ1) is 15.9. The Morgan fingerprint density at radius 2 is 2.17 bits per heavy atom. The molecular formula is C15H31NO2. The van der Waals surface area contributed by atoms with E-state index in [0.717, 1.165) is 58.1 Å². The zero-order valence-electron chi connectivity index (χ0n) is 12.6. The van der Waals surface area contributed by atoms with Crippen molar-refractivity contribution in [1.29, 1.82) is 0 Å². The summed E-state index contributed by atoms with van der Waals surface area (Å²) in [6, 6.07) is 0. The van der Waals surface area contributed by atoms with Crippen LogP contribution in [0.4, 0.5) is 0 Å². The highest BCUT2D eigenvalue weighted by Crippen LogP contribution is 2.37. The maximum absolute atomic E-state index is 5.78. The second-order valence-electron chi connectivity index (χ2n) is 5.95. The Bertz CT molecular complexity index is 221. The van der Waals surface area contributed by atoms with Gasteiger partial charge in [-0.05, 0) is 38.6 Å². The van der Waals surface area contributed by atoms with Crippen LogP contribution < -0.4 is 5.32 Å². The molecule has 1 aliphatic heterocycles. The van der Waals surface area contributed by atoms with E-state index in [1.807, 2.05) is 0 Å². The Morgan fingerprint density at radius 1 is 1.39 bits per heavy atom. The summed E-state index contributed by atoms with van der Waals surface area (Å²) in [6.45, 7) is 13.6. The van der Waals surface area contributed by atoms with Gasteiger partial charge in [-0.1, -0.05) is 20.8 Å². The standard InChI is InChI=1S/C15H31NO2/c1-5-16-12-15(8-11-18-14(15)4)7-10-17-9-6-13(2)3/h13-14,16H,5-12H2,1-4H3. The van der Waals surface area contributed by atoms with E-state index in [2.05, 4.69) is 33.0 Å². The summed E-state index contributed by atoms with van der Waals surface area (Å²) in [6.07, 6.45) is 3.78. The second-order valence-corrected chi connectivity index (χ2v) is 5.95. The predicted molar refractivity (Wildman–Crippen MR) is 75.9 cm³/mol. The quantitative estimate of drug-likeness (QED) is 0.644. The fourth-order valence-electron chi connectivity index (χ4n) is 2.54. The highest BCUT2D eigenvalue weighted by atomic mass is 16.5. The Balaban J connectivity index is 2.29. The zero-order chi connectivity index (χ0) is 13.4. The maximum Gasteiger partial charge on any atom is 0.0617 e. The first-order valence-electron chi connectivity index (χ1n) is 7.51. The summed E-state index contributed by atoms with van der Waals surface area (Å²) >= 11 is 0. The number of ether oxygens (including phenoxy) is 2. The first-order chi connectivity index (χ1) is 8.60. The highest BCUT2D eigenvalue weighted by Gasteiger charge is 2.40. The number of nitrogens with one attached hydrogen (secondary N) is 1. The smallest absolute Gasteiger partial charge is 0.0617 e. The van der Waals surface area contributed by atoms with Crippen LogP contribution in [0, 0.1) is 11.3 Å². The molecule has 0 aromatic heterocycles. The summed E-state index contributed by atoms with van der Waals surface area (Å²) in [5.41, 5.74) is 0.286. The minimum Gasteiger partial charge on any atom is -0.381 e. The van der Waals surface area contributed by atoms with Gasteiger partial charge in [0.1, 0.15) is 0 Å². The summed E-state index contributed by atoms with van der Waals surface area (Å²) < 4.78 is 11.5. The van der Waals surface area contributed by atoms with Crippen LogP contribution in [0.15, 0.2) is 0 Å². The van der Waals surface area contributed by atoms with Gasteiger partial charge >= 0.3 is 0 Å². The molecule has 0 aromatic carbocycles. The Hall–Kier alpha value is -0.120. The molecule has 1 heterocycles. The molecule has 2 atom stereocenters. The van der Waals surface area contributed by atoms with Gasteiger partial charge in [-0.15, -0.1) is 0 Å². The summed E-state index contributed by atoms with van der Waals surface area (Å²) in [5.74, 6) is 0.731. The van der Waals surface area contributed by atoms with Gasteiger partial charge in [0.2, 0.25) is 0 Å². The molecule has 1 saturated heterocycles. The minimum absolute atomic E-state index is 0.286. The lowest BCUT2D eigenvalue weighted by Crippen LogP contribution is -2.40. The molecule has 2 unspecified atom stereocenters. The molecule has 0 aliphatic carbocycles. The predicted octanol–water partition coefficient (Wildman–Crippen LogP) is 2.84. The number of hydrogen-bond acceptors (Lipinski definition) is 3. The Morgan fingerprint density at radius 3 is 2.72 bits per heavy atom. The van der Waals surface area contributed by atoms with Crippen molar-refractivity contribution in [3.8, 4) is 0 Å². The maximum atomic E-state index is 5.78. The van der Waals surface area contributed by atoms with Crippen LogP contribution in [-0.4, -0.2) is 39.0 Å². The molecular weight excluding hydrogens is 226 g/mol. The van der Waals surface area contributed by atoms with Crippen molar-refractivity contribution >= 4 is 0 Å². The molecule has 0 saturated carbocycles. The molecule has 1 fully saturated rings. The average Bonchev–Trinajstić information content (AvgIpc) is 2.68. The van der Waals surface area contributed by atoms with Gasteiger partial charge in [0.15, 0.2) is 0 Å². The minimum atomic E-state index is 0.286. The fourth-order valence-corrected chi connectivity index (χ4v) is 2.54. The molecule has 3 heteroatoms. The summed E-state index contributed by atoms with van der Waals surface area (Å²) in [7, 11) is 0. The van der Waals surface area contributed by atoms with Crippen LogP contribution in [0.5, 0.6) is 0 Å². The van der Waals surface area contributed by atoms with E-state index in [1.165, 1.54) is 0 Å². The van der Waals surface area contributed by atoms with E-state index < -0.39 is 0 Å². The molecule has 0 amide bonds. The third-order valence-corrected chi connectivity index (χ3v) is 4.14. The molecule has 0 spiro atoms. The summed E-state index contributed by atoms with van der Waals surface area (Å²) in [5, 5.41) is 3.49. The zero-order valence-corrected chi connectivity index (χ0v) is 12.6. The molecule has 18 heavy (non-hydrogen) atoms. The van der Waals surface area contributed by atoms with Crippen molar-refractivity contribution in [2.75, 3.05) is 32.9 Å². The average molecular weight is 257 g/mol. The van der Waals surface area contributed by atoms with Gasteiger partial charge in [0.25, 0.3) is 0 Å². The lowest BCUT2D eigenvalue weighted by atomic mass is 9.78. The molecule has 108 valence electrons. The largest absolute Gasteiger partial charge is 0.381 e. The second kappa shape index (κ2) is 8.13. The van der Waals surface area contributed by atoms with Crippen molar-refractivity contribution in [1.82, 2.24) is 5.32 Å². The molecule has 0 radical (unpaired) electrons. The third kappa shape index (κ3) is 4.87. The van der Waals surface area contributed by atoms with Crippen molar-refractivity contribution in [2.45, 2.75) is 53.1 Å². The number of rotatable bonds is 9. The van der Waals surface area contributed by atoms with Gasteiger partial charge in [-0.3, -0.25) is 0 Å². The monoisotopic (exact) mass is 257 g/mol. The molecule has 0 aromatic rings. The summed E-state index contributed by atoms with van der Waals surface area (Å²) in [4.78, 5) is 0. The van der Waals surface area contributed by atoms with Crippen molar-refractivity contribution in [2.24, 2.45) is 11.3 Å². The van der Waals surface area contributed by atoms with Crippen LogP contribution in [0.25, 0.3) is 0 Å². The Labute approximate surface area is 113 Å².